The van der Waals surface area contributed by atoms with Crippen LogP contribution in [0.5, 0.6) is 5.75 Å². The van der Waals surface area contributed by atoms with Crippen LogP contribution in [0.15, 0.2) is 24.3 Å². The number of aliphatic carboxylic acids is 1. The van der Waals surface area contributed by atoms with E-state index in [1.807, 2.05) is 12.1 Å². The fourth-order valence-electron chi connectivity index (χ4n) is 2.47. The second-order valence-corrected chi connectivity index (χ2v) is 6.22. The van der Waals surface area contributed by atoms with Gasteiger partial charge in [0.25, 0.3) is 0 Å². The van der Waals surface area contributed by atoms with Crippen molar-refractivity contribution in [3.63, 3.8) is 0 Å². The normalized spacial score (nSPS) is 20.9. The van der Waals surface area contributed by atoms with Crippen LogP contribution in [-0.2, 0) is 9.59 Å². The molecule has 1 N–H and O–H groups in total. The third-order valence-electron chi connectivity index (χ3n) is 3.97. The number of ether oxygens (including phenoxy) is 1. The molecule has 1 aromatic rings. The summed E-state index contributed by atoms with van der Waals surface area (Å²) in [5, 5.41) is 9.71. The minimum absolute atomic E-state index is 0.0206. The molecule has 22 heavy (non-hydrogen) atoms. The highest BCUT2D eigenvalue weighted by atomic mass is 35.5. The first kappa shape index (κ1) is 16.6. The van der Waals surface area contributed by atoms with Gasteiger partial charge < -0.3 is 14.7 Å². The van der Waals surface area contributed by atoms with Gasteiger partial charge in [-0.15, -0.1) is 0 Å². The second-order valence-electron chi connectivity index (χ2n) is 5.81. The van der Waals surface area contributed by atoms with Gasteiger partial charge in [-0.25, -0.2) is 0 Å². The number of carboxylic acids is 1. The molecule has 1 saturated heterocycles. The first-order valence-corrected chi connectivity index (χ1v) is 7.69. The molecule has 2 rings (SSSR count). The van der Waals surface area contributed by atoms with Crippen LogP contribution >= 0.6 is 11.6 Å². The van der Waals surface area contributed by atoms with E-state index in [4.69, 9.17) is 21.4 Å². The zero-order valence-corrected chi connectivity index (χ0v) is 13.3. The Morgan fingerprint density at radius 2 is 2.14 bits per heavy atom. The lowest BCUT2D eigenvalue weighted by atomic mass is 9.90. The van der Waals surface area contributed by atoms with E-state index < -0.39 is 11.4 Å². The minimum Gasteiger partial charge on any atom is -0.492 e. The average Bonchev–Trinajstić information content (AvgIpc) is 2.89. The van der Waals surface area contributed by atoms with Crippen LogP contribution in [0, 0.1) is 5.41 Å². The molecule has 0 radical (unpaired) electrons. The lowest BCUT2D eigenvalue weighted by Crippen LogP contribution is -2.34. The number of hydrogen-bond acceptors (Lipinski definition) is 3. The number of rotatable bonds is 6. The van der Waals surface area contributed by atoms with Gasteiger partial charge in [-0.2, -0.15) is 0 Å². The fraction of sp³-hybridized carbons (Fsp3) is 0.500. The monoisotopic (exact) mass is 325 g/mol. The third-order valence-corrected chi connectivity index (χ3v) is 4.28. The number of amides is 1. The van der Waals surface area contributed by atoms with Crippen LogP contribution in [-0.4, -0.2) is 41.6 Å². The summed E-state index contributed by atoms with van der Waals surface area (Å²) in [4.78, 5) is 24.9. The molecule has 1 aliphatic heterocycles. The van der Waals surface area contributed by atoms with Crippen molar-refractivity contribution in [3.05, 3.63) is 29.3 Å². The van der Waals surface area contributed by atoms with Crippen molar-refractivity contribution < 1.29 is 19.4 Å². The Hall–Kier alpha value is -1.75. The summed E-state index contributed by atoms with van der Waals surface area (Å²) < 4.78 is 5.53. The molecule has 0 aliphatic carbocycles. The number of carbonyl (C=O) groups is 2. The number of likely N-dealkylation sites (tertiary alicyclic amines) is 1. The molecule has 120 valence electrons. The maximum Gasteiger partial charge on any atom is 0.311 e. The number of carboxylic acid groups (broad SMARTS) is 1. The predicted molar refractivity (Wildman–Crippen MR) is 83.1 cm³/mol. The van der Waals surface area contributed by atoms with Gasteiger partial charge >= 0.3 is 5.97 Å². The van der Waals surface area contributed by atoms with Gasteiger partial charge in [-0.3, -0.25) is 9.59 Å². The van der Waals surface area contributed by atoms with E-state index in [0.29, 0.717) is 43.2 Å². The Labute approximate surface area is 134 Å². The van der Waals surface area contributed by atoms with Crippen molar-refractivity contribution in [1.29, 1.82) is 0 Å². The van der Waals surface area contributed by atoms with E-state index in [-0.39, 0.29) is 12.5 Å². The lowest BCUT2D eigenvalue weighted by Gasteiger charge is -2.20. The highest BCUT2D eigenvalue weighted by molar-refractivity contribution is 6.32. The van der Waals surface area contributed by atoms with E-state index in [9.17, 15) is 9.59 Å². The van der Waals surface area contributed by atoms with Crippen LogP contribution in [0.25, 0.3) is 0 Å². The molecular weight excluding hydrogens is 306 g/mol. The number of para-hydroxylation sites is 1. The maximum absolute atomic E-state index is 12.1. The van der Waals surface area contributed by atoms with Crippen LogP contribution in [0.4, 0.5) is 0 Å². The summed E-state index contributed by atoms with van der Waals surface area (Å²) >= 11 is 5.97. The van der Waals surface area contributed by atoms with Crippen LogP contribution in [0.2, 0.25) is 5.02 Å². The standard InChI is InChI=1S/C16H20ClNO4/c1-16(15(20)21)8-9-18(11-16)14(19)7-4-10-22-13-6-3-2-5-12(13)17/h2-3,5-6H,4,7-11H2,1H3,(H,20,21). The molecule has 0 saturated carbocycles. The Bertz CT molecular complexity index is 563. The molecule has 5 nitrogen and oxygen atoms in total. The molecule has 1 aromatic carbocycles. The predicted octanol–water partition coefficient (Wildman–Crippen LogP) is 2.82. The van der Waals surface area contributed by atoms with E-state index >= 15 is 0 Å². The van der Waals surface area contributed by atoms with Gasteiger partial charge in [0, 0.05) is 19.5 Å². The summed E-state index contributed by atoms with van der Waals surface area (Å²) in [6.45, 7) is 2.88. The van der Waals surface area contributed by atoms with Gasteiger partial charge in [-0.05, 0) is 31.9 Å². The molecule has 1 aliphatic rings. The Kier molecular flexibility index (Phi) is 5.29. The maximum atomic E-state index is 12.1. The first-order chi connectivity index (χ1) is 10.4. The quantitative estimate of drug-likeness (QED) is 0.817. The van der Waals surface area contributed by atoms with Crippen LogP contribution in [0.1, 0.15) is 26.2 Å². The molecule has 1 atom stereocenters. The molecule has 1 unspecified atom stereocenters. The average molecular weight is 326 g/mol. The molecule has 0 bridgehead atoms. The molecule has 1 heterocycles. The highest BCUT2D eigenvalue weighted by Crippen LogP contribution is 2.30. The zero-order valence-electron chi connectivity index (χ0n) is 12.5. The molecular formula is C16H20ClNO4. The summed E-state index contributed by atoms with van der Waals surface area (Å²) in [5.74, 6) is -0.256. The van der Waals surface area contributed by atoms with Crippen molar-refractivity contribution in [2.24, 2.45) is 5.41 Å². The van der Waals surface area contributed by atoms with Crippen molar-refractivity contribution >= 4 is 23.5 Å². The number of nitrogens with zero attached hydrogens (tertiary/aromatic N) is 1. The number of carbonyl (C=O) groups excluding carboxylic acids is 1. The van der Waals surface area contributed by atoms with Crippen molar-refractivity contribution in [2.45, 2.75) is 26.2 Å². The molecule has 0 aromatic heterocycles. The van der Waals surface area contributed by atoms with E-state index in [0.717, 1.165) is 0 Å². The van der Waals surface area contributed by atoms with Crippen LogP contribution < -0.4 is 4.74 Å². The number of benzene rings is 1. The number of halogens is 1. The number of hydrogen-bond donors (Lipinski definition) is 1. The van der Waals surface area contributed by atoms with Gasteiger partial charge in [0.1, 0.15) is 5.75 Å². The second kappa shape index (κ2) is 7.01. The Morgan fingerprint density at radius 1 is 1.41 bits per heavy atom. The van der Waals surface area contributed by atoms with E-state index in [1.165, 1.54) is 0 Å². The van der Waals surface area contributed by atoms with Gasteiger partial charge in [0.2, 0.25) is 5.91 Å². The Morgan fingerprint density at radius 3 is 2.77 bits per heavy atom. The fourth-order valence-corrected chi connectivity index (χ4v) is 2.66. The van der Waals surface area contributed by atoms with Gasteiger partial charge in [0.15, 0.2) is 0 Å². The topological polar surface area (TPSA) is 66.8 Å². The van der Waals surface area contributed by atoms with Crippen LogP contribution in [0.3, 0.4) is 0 Å². The van der Waals surface area contributed by atoms with Crippen molar-refractivity contribution in [1.82, 2.24) is 4.90 Å². The summed E-state index contributed by atoms with van der Waals surface area (Å²) in [7, 11) is 0. The zero-order chi connectivity index (χ0) is 16.2. The summed E-state index contributed by atoms with van der Waals surface area (Å²) in [6.07, 6.45) is 1.43. The molecule has 1 amide bonds. The smallest absolute Gasteiger partial charge is 0.311 e. The largest absolute Gasteiger partial charge is 0.492 e. The highest BCUT2D eigenvalue weighted by Gasteiger charge is 2.41. The third kappa shape index (κ3) is 3.91. The van der Waals surface area contributed by atoms with Crippen molar-refractivity contribution in [3.8, 4) is 5.75 Å². The summed E-state index contributed by atoms with van der Waals surface area (Å²) in [6, 6.07) is 7.19. The van der Waals surface area contributed by atoms with Gasteiger partial charge in [0.05, 0.1) is 17.0 Å². The van der Waals surface area contributed by atoms with Gasteiger partial charge in [-0.1, -0.05) is 23.7 Å². The summed E-state index contributed by atoms with van der Waals surface area (Å²) in [5.41, 5.74) is -0.816. The Balaban J connectivity index is 1.73. The van der Waals surface area contributed by atoms with E-state index in [1.54, 1.807) is 24.0 Å². The lowest BCUT2D eigenvalue weighted by molar-refractivity contribution is -0.147. The minimum atomic E-state index is -0.843. The van der Waals surface area contributed by atoms with E-state index in [2.05, 4.69) is 0 Å². The first-order valence-electron chi connectivity index (χ1n) is 7.31. The molecule has 6 heteroatoms. The van der Waals surface area contributed by atoms with Crippen molar-refractivity contribution in [2.75, 3.05) is 19.7 Å². The SMILES string of the molecule is CC1(C(=O)O)CCN(C(=O)CCCOc2ccccc2Cl)C1. The molecule has 1 fully saturated rings. The molecule has 0 spiro atoms.